The molecule has 2 rings (SSSR count). The van der Waals surface area contributed by atoms with Gasteiger partial charge in [0.1, 0.15) is 0 Å². The number of nitrogens with one attached hydrogen (secondary N) is 1. The van der Waals surface area contributed by atoms with E-state index in [0.29, 0.717) is 19.6 Å². The second kappa shape index (κ2) is 5.75. The van der Waals surface area contributed by atoms with Gasteiger partial charge in [-0.15, -0.1) is 12.4 Å². The van der Waals surface area contributed by atoms with Crippen molar-refractivity contribution in [1.29, 1.82) is 0 Å². The van der Waals surface area contributed by atoms with Crippen LogP contribution in [0.15, 0.2) is 11.2 Å². The lowest BCUT2D eigenvalue weighted by Gasteiger charge is -2.32. The number of aromatic nitrogens is 2. The van der Waals surface area contributed by atoms with E-state index in [-0.39, 0.29) is 28.5 Å². The maximum absolute atomic E-state index is 12.5. The summed E-state index contributed by atoms with van der Waals surface area (Å²) in [6, 6.07) is -0.0836. The lowest BCUT2D eigenvalue weighted by molar-refractivity contribution is 0.282. The molecule has 1 aromatic heterocycles. The number of hydrogen-bond donors (Lipinski definition) is 1. The molecule has 0 bridgehead atoms. The summed E-state index contributed by atoms with van der Waals surface area (Å²) in [5.41, 5.74) is 0. The van der Waals surface area contributed by atoms with E-state index < -0.39 is 10.0 Å². The first-order valence-electron chi connectivity index (χ1n) is 5.34. The second-order valence-corrected chi connectivity index (χ2v) is 6.30. The summed E-state index contributed by atoms with van der Waals surface area (Å²) in [6.45, 7) is 3.62. The van der Waals surface area contributed by atoms with Crippen molar-refractivity contribution in [2.45, 2.75) is 18.0 Å². The van der Waals surface area contributed by atoms with Crippen LogP contribution in [0.5, 0.6) is 0 Å². The molecule has 6 nitrogen and oxygen atoms in total. The summed E-state index contributed by atoms with van der Waals surface area (Å²) in [5, 5.41) is 7.24. The van der Waals surface area contributed by atoms with E-state index in [9.17, 15) is 8.42 Å². The van der Waals surface area contributed by atoms with Crippen molar-refractivity contribution in [2.24, 2.45) is 7.05 Å². The molecule has 104 valence electrons. The lowest BCUT2D eigenvalue weighted by Crippen LogP contribution is -2.52. The summed E-state index contributed by atoms with van der Waals surface area (Å²) >= 11 is 5.89. The number of hydrogen-bond acceptors (Lipinski definition) is 4. The zero-order valence-electron chi connectivity index (χ0n) is 10.1. The molecule has 1 fully saturated rings. The van der Waals surface area contributed by atoms with Gasteiger partial charge >= 0.3 is 0 Å². The van der Waals surface area contributed by atoms with Crippen LogP contribution in [0.2, 0.25) is 5.02 Å². The molecular formula is C9H16Cl2N4O2S. The van der Waals surface area contributed by atoms with Crippen LogP contribution in [-0.4, -0.2) is 48.2 Å². The Morgan fingerprint density at radius 3 is 2.72 bits per heavy atom. The highest BCUT2D eigenvalue weighted by Gasteiger charge is 2.34. The highest BCUT2D eigenvalue weighted by Crippen LogP contribution is 2.25. The van der Waals surface area contributed by atoms with Gasteiger partial charge in [0, 0.05) is 32.7 Å². The second-order valence-electron chi connectivity index (χ2n) is 4.09. The predicted octanol–water partition coefficient (Wildman–Crippen LogP) is 0.478. The Kier molecular flexibility index (Phi) is 5.02. The predicted molar refractivity (Wildman–Crippen MR) is 71.7 cm³/mol. The van der Waals surface area contributed by atoms with E-state index >= 15 is 0 Å². The number of aryl methyl sites for hydroxylation is 1. The Bertz CT molecular complexity index is 497. The van der Waals surface area contributed by atoms with E-state index in [1.807, 2.05) is 6.92 Å². The molecule has 0 aromatic carbocycles. The van der Waals surface area contributed by atoms with Crippen molar-refractivity contribution in [2.75, 3.05) is 19.6 Å². The highest BCUT2D eigenvalue weighted by atomic mass is 35.5. The molecule has 9 heteroatoms. The molecule has 0 saturated carbocycles. The van der Waals surface area contributed by atoms with Crippen molar-refractivity contribution >= 4 is 34.0 Å². The molecule has 0 spiro atoms. The lowest BCUT2D eigenvalue weighted by atomic mass is 10.3. The molecule has 1 N–H and O–H groups in total. The highest BCUT2D eigenvalue weighted by molar-refractivity contribution is 7.89. The van der Waals surface area contributed by atoms with E-state index in [2.05, 4.69) is 10.4 Å². The van der Waals surface area contributed by atoms with Gasteiger partial charge in [-0.1, -0.05) is 11.6 Å². The van der Waals surface area contributed by atoms with Gasteiger partial charge in [-0.05, 0) is 6.92 Å². The Hall–Kier alpha value is -0.340. The van der Waals surface area contributed by atoms with Crippen LogP contribution in [-0.2, 0) is 17.1 Å². The van der Waals surface area contributed by atoms with Crippen LogP contribution in [0, 0.1) is 0 Å². The van der Waals surface area contributed by atoms with Crippen LogP contribution >= 0.6 is 24.0 Å². The van der Waals surface area contributed by atoms with Gasteiger partial charge in [-0.2, -0.15) is 9.40 Å². The molecule has 0 radical (unpaired) electrons. The maximum Gasteiger partial charge on any atom is 0.262 e. The maximum atomic E-state index is 12.5. The van der Waals surface area contributed by atoms with Crippen molar-refractivity contribution in [3.63, 3.8) is 0 Å². The third kappa shape index (κ3) is 2.65. The normalized spacial score (nSPS) is 21.6. The summed E-state index contributed by atoms with van der Waals surface area (Å²) in [5.74, 6) is 0. The molecule has 1 saturated heterocycles. The molecule has 1 aliphatic rings. The van der Waals surface area contributed by atoms with E-state index in [0.717, 1.165) is 0 Å². The summed E-state index contributed by atoms with van der Waals surface area (Å²) in [4.78, 5) is 0. The molecule has 1 aromatic rings. The van der Waals surface area contributed by atoms with Gasteiger partial charge in [-0.25, -0.2) is 8.42 Å². The Balaban J connectivity index is 0.00000162. The Labute approximate surface area is 118 Å². The minimum atomic E-state index is -3.57. The van der Waals surface area contributed by atoms with Crippen LogP contribution in [0.4, 0.5) is 0 Å². The molecule has 0 aliphatic carbocycles. The van der Waals surface area contributed by atoms with E-state index in [1.165, 1.54) is 15.2 Å². The van der Waals surface area contributed by atoms with Crippen LogP contribution in [0.25, 0.3) is 0 Å². The van der Waals surface area contributed by atoms with Gasteiger partial charge in [0.05, 0.1) is 11.2 Å². The Morgan fingerprint density at radius 1 is 1.56 bits per heavy atom. The van der Waals surface area contributed by atoms with Crippen molar-refractivity contribution in [3.8, 4) is 0 Å². The van der Waals surface area contributed by atoms with Crippen LogP contribution in [0.1, 0.15) is 6.92 Å². The molecule has 0 unspecified atom stereocenters. The zero-order valence-corrected chi connectivity index (χ0v) is 12.5. The standard InChI is InChI=1S/C9H15ClN4O2S.ClH/c1-7-5-11-3-4-14(7)17(15,16)9-8(10)6-12-13(9)2;/h6-7,11H,3-5H2,1-2H3;1H/t7-;/m0./s1. The quantitative estimate of drug-likeness (QED) is 0.862. The van der Waals surface area contributed by atoms with Crippen molar-refractivity contribution in [1.82, 2.24) is 19.4 Å². The van der Waals surface area contributed by atoms with Gasteiger partial charge < -0.3 is 5.32 Å². The van der Waals surface area contributed by atoms with E-state index in [1.54, 1.807) is 7.05 Å². The number of halogens is 2. The third-order valence-corrected chi connectivity index (χ3v) is 5.36. The number of nitrogens with zero attached hydrogens (tertiary/aromatic N) is 3. The molecule has 2 heterocycles. The first-order valence-corrected chi connectivity index (χ1v) is 7.16. The fraction of sp³-hybridized carbons (Fsp3) is 0.667. The first kappa shape index (κ1) is 15.7. The first-order chi connectivity index (χ1) is 7.94. The molecule has 0 amide bonds. The number of sulfonamides is 1. The van der Waals surface area contributed by atoms with Crippen LogP contribution < -0.4 is 5.32 Å². The molecular weight excluding hydrogens is 299 g/mol. The average Bonchev–Trinajstić information content (AvgIpc) is 2.59. The zero-order chi connectivity index (χ0) is 12.6. The molecule has 18 heavy (non-hydrogen) atoms. The largest absolute Gasteiger partial charge is 0.314 e. The van der Waals surface area contributed by atoms with E-state index in [4.69, 9.17) is 11.6 Å². The van der Waals surface area contributed by atoms with Gasteiger partial charge in [-0.3, -0.25) is 4.68 Å². The SMILES string of the molecule is C[C@H]1CNCCN1S(=O)(=O)c1c(Cl)cnn1C.Cl. The molecule has 1 atom stereocenters. The van der Waals surface area contributed by atoms with Crippen molar-refractivity contribution < 1.29 is 8.42 Å². The fourth-order valence-electron chi connectivity index (χ4n) is 1.98. The smallest absolute Gasteiger partial charge is 0.262 e. The van der Waals surface area contributed by atoms with Crippen LogP contribution in [0.3, 0.4) is 0 Å². The molecule has 1 aliphatic heterocycles. The van der Waals surface area contributed by atoms with Gasteiger partial charge in [0.15, 0.2) is 5.03 Å². The average molecular weight is 315 g/mol. The minimum absolute atomic E-state index is 0. The minimum Gasteiger partial charge on any atom is -0.314 e. The third-order valence-electron chi connectivity index (χ3n) is 2.84. The van der Waals surface area contributed by atoms with Gasteiger partial charge in [0.2, 0.25) is 0 Å². The van der Waals surface area contributed by atoms with Crippen molar-refractivity contribution in [3.05, 3.63) is 11.2 Å². The van der Waals surface area contributed by atoms with Gasteiger partial charge in [0.25, 0.3) is 10.0 Å². The summed E-state index contributed by atoms with van der Waals surface area (Å²) in [7, 11) is -1.99. The Morgan fingerprint density at radius 2 is 2.22 bits per heavy atom. The fourth-order valence-corrected chi connectivity index (χ4v) is 4.22. The summed E-state index contributed by atoms with van der Waals surface area (Å²) in [6.07, 6.45) is 1.35. The number of rotatable bonds is 2. The summed E-state index contributed by atoms with van der Waals surface area (Å²) < 4.78 is 27.7. The monoisotopic (exact) mass is 314 g/mol. The topological polar surface area (TPSA) is 67.2 Å². The number of piperazine rings is 1.